The summed E-state index contributed by atoms with van der Waals surface area (Å²) in [5.41, 5.74) is 0. The van der Waals surface area contributed by atoms with Crippen LogP contribution in [0, 0.1) is 5.92 Å². The maximum Gasteiger partial charge on any atom is 0.226 e. The van der Waals surface area contributed by atoms with Gasteiger partial charge in [0.1, 0.15) is 0 Å². The van der Waals surface area contributed by atoms with E-state index < -0.39 is 0 Å². The monoisotopic (exact) mass is 225 g/mol. The van der Waals surface area contributed by atoms with E-state index in [1.807, 2.05) is 0 Å². The van der Waals surface area contributed by atoms with E-state index >= 15 is 0 Å². The Labute approximate surface area is 95.2 Å². The van der Waals surface area contributed by atoms with Crippen LogP contribution in [0.3, 0.4) is 0 Å². The van der Waals surface area contributed by atoms with Crippen LogP contribution in [0.1, 0.15) is 31.0 Å². The molecule has 0 saturated carbocycles. The molecule has 5 nitrogen and oxygen atoms in total. The highest BCUT2D eigenvalue weighted by molar-refractivity contribution is 4.87. The van der Waals surface area contributed by atoms with Crippen LogP contribution < -0.4 is 5.32 Å². The number of aromatic nitrogens is 2. The molecule has 2 N–H and O–H groups in total. The fraction of sp³-hybridized carbons (Fsp3) is 0.818. The first-order valence-electron chi connectivity index (χ1n) is 6.01. The molecule has 16 heavy (non-hydrogen) atoms. The van der Waals surface area contributed by atoms with Gasteiger partial charge in [-0.1, -0.05) is 5.16 Å². The van der Waals surface area contributed by atoms with Crippen molar-refractivity contribution in [2.45, 2.75) is 32.1 Å². The lowest BCUT2D eigenvalue weighted by molar-refractivity contribution is 0.292. The van der Waals surface area contributed by atoms with Crippen molar-refractivity contribution in [3.63, 3.8) is 0 Å². The molecule has 1 fully saturated rings. The van der Waals surface area contributed by atoms with Crippen molar-refractivity contribution in [1.82, 2.24) is 15.5 Å². The zero-order chi connectivity index (χ0) is 11.2. The van der Waals surface area contributed by atoms with Crippen molar-refractivity contribution < 1.29 is 9.63 Å². The molecule has 1 aliphatic heterocycles. The molecule has 1 saturated heterocycles. The molecule has 5 heteroatoms. The predicted molar refractivity (Wildman–Crippen MR) is 59.0 cm³/mol. The Morgan fingerprint density at radius 1 is 1.44 bits per heavy atom. The summed E-state index contributed by atoms with van der Waals surface area (Å²) in [4.78, 5) is 4.23. The number of rotatable bonds is 5. The summed E-state index contributed by atoms with van der Waals surface area (Å²) in [5.74, 6) is 2.05. The van der Waals surface area contributed by atoms with E-state index in [0.717, 1.165) is 31.8 Å². The number of hydrogen-bond donors (Lipinski definition) is 2. The van der Waals surface area contributed by atoms with Crippen molar-refractivity contribution in [1.29, 1.82) is 0 Å². The molecule has 2 rings (SSSR count). The number of nitrogens with zero attached hydrogens (tertiary/aromatic N) is 2. The minimum atomic E-state index is 0.0749. The highest BCUT2D eigenvalue weighted by Gasteiger charge is 2.14. The van der Waals surface area contributed by atoms with Gasteiger partial charge in [0.25, 0.3) is 0 Å². The number of aliphatic hydroxyl groups is 1. The Kier molecular flexibility index (Phi) is 4.30. The van der Waals surface area contributed by atoms with E-state index in [9.17, 15) is 0 Å². The first-order chi connectivity index (χ1) is 7.88. The highest BCUT2D eigenvalue weighted by atomic mass is 16.5. The number of hydrogen-bond acceptors (Lipinski definition) is 5. The van der Waals surface area contributed by atoms with Gasteiger partial charge in [-0.3, -0.25) is 0 Å². The Morgan fingerprint density at radius 3 is 3.12 bits per heavy atom. The molecule has 1 aromatic rings. The maximum absolute atomic E-state index is 8.73. The van der Waals surface area contributed by atoms with E-state index in [2.05, 4.69) is 15.5 Å². The second-order valence-corrected chi connectivity index (χ2v) is 4.33. The topological polar surface area (TPSA) is 71.2 Å². The van der Waals surface area contributed by atoms with Gasteiger partial charge in [0.15, 0.2) is 5.82 Å². The molecule has 2 heterocycles. The third kappa shape index (κ3) is 3.28. The Hall–Kier alpha value is -0.940. The smallest absolute Gasteiger partial charge is 0.226 e. The van der Waals surface area contributed by atoms with E-state index in [1.54, 1.807) is 0 Å². The van der Waals surface area contributed by atoms with E-state index in [0.29, 0.717) is 18.1 Å². The summed E-state index contributed by atoms with van der Waals surface area (Å²) in [7, 11) is 0. The van der Waals surface area contributed by atoms with Crippen LogP contribution in [0.25, 0.3) is 0 Å². The molecule has 0 aromatic carbocycles. The van der Waals surface area contributed by atoms with Crippen LogP contribution in [0.5, 0.6) is 0 Å². The van der Waals surface area contributed by atoms with Crippen molar-refractivity contribution in [2.75, 3.05) is 19.7 Å². The Morgan fingerprint density at radius 2 is 2.38 bits per heavy atom. The third-order valence-corrected chi connectivity index (χ3v) is 3.01. The van der Waals surface area contributed by atoms with Crippen molar-refractivity contribution in [3.05, 3.63) is 11.7 Å². The first kappa shape index (κ1) is 11.5. The summed E-state index contributed by atoms with van der Waals surface area (Å²) in [6.07, 6.45) is 5.00. The summed E-state index contributed by atoms with van der Waals surface area (Å²) in [5, 5.41) is 15.9. The first-order valence-corrected chi connectivity index (χ1v) is 6.01. The SMILES string of the molecule is OCCc1noc(CCC2CCCNC2)n1. The standard InChI is InChI=1S/C11H19N3O2/c15-7-5-10-13-11(16-14-10)4-3-9-2-1-6-12-8-9/h9,12,15H,1-8H2. The van der Waals surface area contributed by atoms with Crippen molar-refractivity contribution in [2.24, 2.45) is 5.92 Å². The number of piperidine rings is 1. The van der Waals surface area contributed by atoms with Gasteiger partial charge in [0, 0.05) is 12.8 Å². The van der Waals surface area contributed by atoms with Crippen molar-refractivity contribution in [3.8, 4) is 0 Å². The normalized spacial score (nSPS) is 21.2. The van der Waals surface area contributed by atoms with Gasteiger partial charge in [0.2, 0.25) is 5.89 Å². The molecular weight excluding hydrogens is 206 g/mol. The molecule has 1 unspecified atom stereocenters. The van der Waals surface area contributed by atoms with Crippen LogP contribution in [0.2, 0.25) is 0 Å². The summed E-state index contributed by atoms with van der Waals surface area (Å²) in [6.45, 7) is 2.33. The minimum absolute atomic E-state index is 0.0749. The molecule has 1 aliphatic rings. The van der Waals surface area contributed by atoms with Gasteiger partial charge >= 0.3 is 0 Å². The molecule has 0 bridgehead atoms. The largest absolute Gasteiger partial charge is 0.396 e. The minimum Gasteiger partial charge on any atom is -0.396 e. The number of aryl methyl sites for hydroxylation is 1. The van der Waals surface area contributed by atoms with Crippen LogP contribution in [0.4, 0.5) is 0 Å². The van der Waals surface area contributed by atoms with Gasteiger partial charge in [-0.25, -0.2) is 0 Å². The third-order valence-electron chi connectivity index (χ3n) is 3.01. The summed E-state index contributed by atoms with van der Waals surface area (Å²) < 4.78 is 5.12. The molecular formula is C11H19N3O2. The Bertz CT molecular complexity index is 308. The van der Waals surface area contributed by atoms with Gasteiger partial charge in [-0.15, -0.1) is 0 Å². The molecule has 0 radical (unpaired) electrons. The van der Waals surface area contributed by atoms with Gasteiger partial charge in [-0.05, 0) is 38.3 Å². The van der Waals surface area contributed by atoms with E-state index in [4.69, 9.17) is 9.63 Å². The van der Waals surface area contributed by atoms with Gasteiger partial charge < -0.3 is 14.9 Å². The van der Waals surface area contributed by atoms with E-state index in [1.165, 1.54) is 12.8 Å². The van der Waals surface area contributed by atoms with Crippen LogP contribution in [-0.2, 0) is 12.8 Å². The molecule has 1 aromatic heterocycles. The zero-order valence-corrected chi connectivity index (χ0v) is 9.48. The zero-order valence-electron chi connectivity index (χ0n) is 9.48. The molecule has 0 spiro atoms. The van der Waals surface area contributed by atoms with Crippen LogP contribution in [0.15, 0.2) is 4.52 Å². The second-order valence-electron chi connectivity index (χ2n) is 4.33. The number of nitrogens with one attached hydrogen (secondary N) is 1. The highest BCUT2D eigenvalue weighted by Crippen LogP contribution is 2.16. The average Bonchev–Trinajstić information content (AvgIpc) is 2.76. The van der Waals surface area contributed by atoms with Crippen LogP contribution in [-0.4, -0.2) is 34.9 Å². The molecule has 90 valence electrons. The van der Waals surface area contributed by atoms with Crippen molar-refractivity contribution >= 4 is 0 Å². The fourth-order valence-corrected chi connectivity index (χ4v) is 2.09. The molecule has 0 aliphatic carbocycles. The lowest BCUT2D eigenvalue weighted by Gasteiger charge is -2.21. The summed E-state index contributed by atoms with van der Waals surface area (Å²) >= 11 is 0. The number of aliphatic hydroxyl groups excluding tert-OH is 1. The van der Waals surface area contributed by atoms with Gasteiger partial charge in [0.05, 0.1) is 6.61 Å². The quantitative estimate of drug-likeness (QED) is 0.765. The fourth-order valence-electron chi connectivity index (χ4n) is 2.09. The lowest BCUT2D eigenvalue weighted by Crippen LogP contribution is -2.29. The second kappa shape index (κ2) is 5.96. The van der Waals surface area contributed by atoms with Gasteiger partial charge in [-0.2, -0.15) is 4.98 Å². The Balaban J connectivity index is 1.75. The van der Waals surface area contributed by atoms with Crippen LogP contribution >= 0.6 is 0 Å². The lowest BCUT2D eigenvalue weighted by atomic mass is 9.95. The molecule has 1 atom stereocenters. The average molecular weight is 225 g/mol. The van der Waals surface area contributed by atoms with E-state index in [-0.39, 0.29) is 6.61 Å². The maximum atomic E-state index is 8.73. The molecule has 0 amide bonds. The summed E-state index contributed by atoms with van der Waals surface area (Å²) in [6, 6.07) is 0. The predicted octanol–water partition coefficient (Wildman–Crippen LogP) is 0.537.